The lowest BCUT2D eigenvalue weighted by Gasteiger charge is -2.38. The largest absolute Gasteiger partial charge is 0.396 e. The first-order valence-electron chi connectivity index (χ1n) is 6.42. The molecule has 0 fully saturated rings. The summed E-state index contributed by atoms with van der Waals surface area (Å²) in [5.41, 5.74) is 8.86. The molecule has 0 aliphatic heterocycles. The molecule has 1 unspecified atom stereocenters. The van der Waals surface area contributed by atoms with Crippen molar-refractivity contribution in [3.8, 4) is 0 Å². The number of aliphatic hydroxyl groups excluding tert-OH is 1. The lowest BCUT2D eigenvalue weighted by atomic mass is 9.78. The lowest BCUT2D eigenvalue weighted by molar-refractivity contribution is 0.254. The number of rotatable bonds is 5. The summed E-state index contributed by atoms with van der Waals surface area (Å²) in [5, 5.41) is 12.4. The standard InChI is InChI=1S/C14H22N2O/c15-11-14(16-8-3-9-17)7-6-12-4-1-2-5-13(12)10-14/h1-2,4-5,16-17H,3,6-11,15H2. The SMILES string of the molecule is NCC1(NCCCO)CCc2ccccc2C1. The van der Waals surface area contributed by atoms with Gasteiger partial charge in [0.05, 0.1) is 0 Å². The average Bonchev–Trinajstić information content (AvgIpc) is 2.39. The Kier molecular flexibility index (Phi) is 4.15. The van der Waals surface area contributed by atoms with Crippen molar-refractivity contribution in [2.45, 2.75) is 31.2 Å². The van der Waals surface area contributed by atoms with Crippen molar-refractivity contribution in [2.75, 3.05) is 19.7 Å². The van der Waals surface area contributed by atoms with E-state index in [0.29, 0.717) is 6.54 Å². The summed E-state index contributed by atoms with van der Waals surface area (Å²) in [6, 6.07) is 8.61. The van der Waals surface area contributed by atoms with Crippen LogP contribution in [0.15, 0.2) is 24.3 Å². The molecule has 1 aromatic rings. The van der Waals surface area contributed by atoms with Crippen molar-refractivity contribution in [2.24, 2.45) is 5.73 Å². The number of hydrogen-bond acceptors (Lipinski definition) is 3. The minimum Gasteiger partial charge on any atom is -0.396 e. The van der Waals surface area contributed by atoms with E-state index in [0.717, 1.165) is 32.2 Å². The topological polar surface area (TPSA) is 58.3 Å². The molecule has 0 spiro atoms. The molecule has 1 aromatic carbocycles. The van der Waals surface area contributed by atoms with Gasteiger partial charge in [-0.1, -0.05) is 24.3 Å². The van der Waals surface area contributed by atoms with Crippen molar-refractivity contribution < 1.29 is 5.11 Å². The third kappa shape index (κ3) is 2.86. The molecule has 3 nitrogen and oxygen atoms in total. The molecule has 0 saturated heterocycles. The van der Waals surface area contributed by atoms with Gasteiger partial charge in [0, 0.05) is 18.7 Å². The molecule has 1 aliphatic rings. The Morgan fingerprint density at radius 1 is 1.29 bits per heavy atom. The fourth-order valence-corrected chi connectivity index (χ4v) is 2.63. The van der Waals surface area contributed by atoms with E-state index < -0.39 is 0 Å². The summed E-state index contributed by atoms with van der Waals surface area (Å²) in [4.78, 5) is 0. The van der Waals surface area contributed by atoms with Crippen LogP contribution in [0.1, 0.15) is 24.0 Å². The number of benzene rings is 1. The minimum atomic E-state index is 0.0313. The maximum absolute atomic E-state index is 8.84. The minimum absolute atomic E-state index is 0.0313. The van der Waals surface area contributed by atoms with E-state index in [9.17, 15) is 0 Å². The van der Waals surface area contributed by atoms with Crippen molar-refractivity contribution in [3.05, 3.63) is 35.4 Å². The number of aryl methyl sites for hydroxylation is 1. The van der Waals surface area contributed by atoms with E-state index >= 15 is 0 Å². The smallest absolute Gasteiger partial charge is 0.0443 e. The van der Waals surface area contributed by atoms with Crippen LogP contribution in [0.3, 0.4) is 0 Å². The molecule has 0 bridgehead atoms. The molecule has 0 saturated carbocycles. The van der Waals surface area contributed by atoms with E-state index in [-0.39, 0.29) is 12.1 Å². The quantitative estimate of drug-likeness (QED) is 0.662. The number of hydrogen-bond donors (Lipinski definition) is 3. The molecule has 17 heavy (non-hydrogen) atoms. The van der Waals surface area contributed by atoms with Gasteiger partial charge in [-0.3, -0.25) is 0 Å². The molecule has 0 heterocycles. The van der Waals surface area contributed by atoms with Crippen molar-refractivity contribution >= 4 is 0 Å². The summed E-state index contributed by atoms with van der Waals surface area (Å²) in [6.07, 6.45) is 3.99. The van der Waals surface area contributed by atoms with Gasteiger partial charge in [0.15, 0.2) is 0 Å². The van der Waals surface area contributed by atoms with Gasteiger partial charge in [0.25, 0.3) is 0 Å². The highest BCUT2D eigenvalue weighted by molar-refractivity contribution is 5.32. The van der Waals surface area contributed by atoms with Gasteiger partial charge in [0.1, 0.15) is 0 Å². The molecule has 94 valence electrons. The number of nitrogens with one attached hydrogen (secondary N) is 1. The van der Waals surface area contributed by atoms with Gasteiger partial charge in [-0.05, 0) is 43.4 Å². The summed E-state index contributed by atoms with van der Waals surface area (Å²) < 4.78 is 0. The van der Waals surface area contributed by atoms with E-state index in [1.807, 2.05) is 0 Å². The van der Waals surface area contributed by atoms with Crippen LogP contribution >= 0.6 is 0 Å². The Balaban J connectivity index is 2.06. The Labute approximate surface area is 103 Å². The van der Waals surface area contributed by atoms with Crippen LogP contribution in [-0.2, 0) is 12.8 Å². The molecular weight excluding hydrogens is 212 g/mol. The lowest BCUT2D eigenvalue weighted by Crippen LogP contribution is -2.55. The average molecular weight is 234 g/mol. The highest BCUT2D eigenvalue weighted by Gasteiger charge is 2.32. The molecule has 1 atom stereocenters. The first-order valence-corrected chi connectivity index (χ1v) is 6.42. The van der Waals surface area contributed by atoms with Crippen LogP contribution in [0, 0.1) is 0 Å². The van der Waals surface area contributed by atoms with Gasteiger partial charge >= 0.3 is 0 Å². The molecule has 0 radical (unpaired) electrons. The normalized spacial score (nSPS) is 23.4. The maximum Gasteiger partial charge on any atom is 0.0443 e. The summed E-state index contributed by atoms with van der Waals surface area (Å²) in [6.45, 7) is 1.74. The van der Waals surface area contributed by atoms with Gasteiger partial charge < -0.3 is 16.2 Å². The number of fused-ring (bicyclic) bond motifs is 1. The van der Waals surface area contributed by atoms with Gasteiger partial charge in [-0.15, -0.1) is 0 Å². The second kappa shape index (κ2) is 5.63. The predicted octanol–water partition coefficient (Wildman–Crippen LogP) is 0.845. The Morgan fingerprint density at radius 2 is 2.06 bits per heavy atom. The van der Waals surface area contributed by atoms with Crippen molar-refractivity contribution in [3.63, 3.8) is 0 Å². The van der Waals surface area contributed by atoms with E-state index in [4.69, 9.17) is 10.8 Å². The van der Waals surface area contributed by atoms with Crippen LogP contribution < -0.4 is 11.1 Å². The zero-order valence-electron chi connectivity index (χ0n) is 10.3. The number of aliphatic hydroxyl groups is 1. The molecule has 4 N–H and O–H groups in total. The number of nitrogens with two attached hydrogens (primary N) is 1. The first kappa shape index (κ1) is 12.6. The van der Waals surface area contributed by atoms with E-state index in [1.54, 1.807) is 0 Å². The maximum atomic E-state index is 8.84. The fraction of sp³-hybridized carbons (Fsp3) is 0.571. The Morgan fingerprint density at radius 3 is 2.76 bits per heavy atom. The van der Waals surface area contributed by atoms with Gasteiger partial charge in [-0.25, -0.2) is 0 Å². The van der Waals surface area contributed by atoms with E-state index in [2.05, 4.69) is 29.6 Å². The van der Waals surface area contributed by atoms with Crippen LogP contribution in [0.25, 0.3) is 0 Å². The van der Waals surface area contributed by atoms with Crippen LogP contribution in [0.4, 0.5) is 0 Å². The van der Waals surface area contributed by atoms with Crippen LogP contribution in [0.2, 0.25) is 0 Å². The zero-order valence-corrected chi connectivity index (χ0v) is 10.3. The van der Waals surface area contributed by atoms with Gasteiger partial charge in [-0.2, -0.15) is 0 Å². The van der Waals surface area contributed by atoms with Crippen LogP contribution in [0.5, 0.6) is 0 Å². The van der Waals surface area contributed by atoms with Crippen molar-refractivity contribution in [1.82, 2.24) is 5.32 Å². The van der Waals surface area contributed by atoms with E-state index in [1.165, 1.54) is 11.1 Å². The zero-order chi connectivity index (χ0) is 12.1. The third-order valence-corrected chi connectivity index (χ3v) is 3.75. The molecule has 2 rings (SSSR count). The highest BCUT2D eigenvalue weighted by Crippen LogP contribution is 2.28. The van der Waals surface area contributed by atoms with Crippen molar-refractivity contribution in [1.29, 1.82) is 0 Å². The Hall–Kier alpha value is -0.900. The first-order chi connectivity index (χ1) is 8.29. The fourth-order valence-electron chi connectivity index (χ4n) is 2.63. The highest BCUT2D eigenvalue weighted by atomic mass is 16.3. The summed E-state index contributed by atoms with van der Waals surface area (Å²) in [5.74, 6) is 0. The second-order valence-corrected chi connectivity index (χ2v) is 4.93. The second-order valence-electron chi connectivity index (χ2n) is 4.93. The predicted molar refractivity (Wildman–Crippen MR) is 70.0 cm³/mol. The Bertz CT molecular complexity index is 367. The van der Waals surface area contributed by atoms with Crippen LogP contribution in [-0.4, -0.2) is 30.3 Å². The molecule has 0 aromatic heterocycles. The summed E-state index contributed by atoms with van der Waals surface area (Å²) >= 11 is 0. The molecule has 3 heteroatoms. The molecule has 1 aliphatic carbocycles. The molecular formula is C14H22N2O. The molecule has 0 amide bonds. The summed E-state index contributed by atoms with van der Waals surface area (Å²) in [7, 11) is 0. The van der Waals surface area contributed by atoms with Gasteiger partial charge in [0.2, 0.25) is 0 Å². The monoisotopic (exact) mass is 234 g/mol. The third-order valence-electron chi connectivity index (χ3n) is 3.75.